The van der Waals surface area contributed by atoms with Crippen LogP contribution in [0.15, 0.2) is 16.7 Å². The minimum Gasteiger partial charge on any atom is -0.389 e. The number of aryl methyl sites for hydroxylation is 1. The van der Waals surface area contributed by atoms with Crippen LogP contribution in [0.25, 0.3) is 11.5 Å². The molecule has 10 nitrogen and oxygen atoms in total. The fraction of sp³-hybridized carbons (Fsp3) is 0.556. The van der Waals surface area contributed by atoms with Gasteiger partial charge in [-0.3, -0.25) is 0 Å². The smallest absolute Gasteiger partial charge is 0.237 e. The van der Waals surface area contributed by atoms with Gasteiger partial charge >= 0.3 is 0 Å². The zero-order valence-electron chi connectivity index (χ0n) is 22.3. The number of pyridine rings is 1. The topological polar surface area (TPSA) is 123 Å². The molecule has 11 heteroatoms. The molecule has 2 saturated heterocycles. The standard InChI is InChI=1S/C27H35N9OS/c1-17-16-34(3)11-12-36(17)22-14-18(35-9-7-30-8-10-35)13-20(31-22)25-32-26(37-33-25)27(2)6-4-5-21-23(27)19(15-28)24(29)38-21/h13-14,17,30H,4-12,16,29H2,1-3H3/t17-,27?/m1/s1. The number of nitrogens with zero attached hydrogens (tertiary/aromatic N) is 7. The first kappa shape index (κ1) is 25.1. The minimum absolute atomic E-state index is 0.348. The summed E-state index contributed by atoms with van der Waals surface area (Å²) in [4.78, 5) is 18.3. The molecule has 3 aromatic heterocycles. The highest BCUT2D eigenvalue weighted by molar-refractivity contribution is 7.16. The molecule has 1 unspecified atom stereocenters. The second-order valence-corrected chi connectivity index (χ2v) is 12.1. The first-order valence-electron chi connectivity index (χ1n) is 13.5. The molecule has 0 radical (unpaired) electrons. The molecule has 1 aliphatic carbocycles. The number of nitrogens with two attached hydrogens (primary N) is 1. The molecule has 3 N–H and O–H groups in total. The Morgan fingerprint density at radius 2 is 2.03 bits per heavy atom. The number of piperazine rings is 2. The molecule has 2 atom stereocenters. The number of nitrogens with one attached hydrogen (secondary N) is 1. The van der Waals surface area contributed by atoms with Crippen molar-refractivity contribution < 1.29 is 4.52 Å². The van der Waals surface area contributed by atoms with Gasteiger partial charge in [0.15, 0.2) is 0 Å². The third kappa shape index (κ3) is 4.30. The second kappa shape index (κ2) is 9.84. The number of anilines is 3. The van der Waals surface area contributed by atoms with Crippen LogP contribution in [0.5, 0.6) is 0 Å². The van der Waals surface area contributed by atoms with E-state index in [2.05, 4.69) is 64.3 Å². The predicted octanol–water partition coefficient (Wildman–Crippen LogP) is 2.84. The van der Waals surface area contributed by atoms with Crippen molar-refractivity contribution in [2.45, 2.75) is 44.6 Å². The second-order valence-electron chi connectivity index (χ2n) is 11.0. The van der Waals surface area contributed by atoms with Gasteiger partial charge in [0.1, 0.15) is 22.6 Å². The lowest BCUT2D eigenvalue weighted by Gasteiger charge is -2.39. The Kier molecular flexibility index (Phi) is 6.50. The average Bonchev–Trinajstić information content (AvgIpc) is 3.55. The summed E-state index contributed by atoms with van der Waals surface area (Å²) in [6, 6.07) is 6.97. The Morgan fingerprint density at radius 1 is 1.21 bits per heavy atom. The molecule has 6 rings (SSSR count). The summed E-state index contributed by atoms with van der Waals surface area (Å²) in [7, 11) is 2.17. The van der Waals surface area contributed by atoms with Crippen LogP contribution in [0.3, 0.4) is 0 Å². The largest absolute Gasteiger partial charge is 0.389 e. The maximum atomic E-state index is 9.86. The maximum absolute atomic E-state index is 9.86. The molecule has 0 amide bonds. The quantitative estimate of drug-likeness (QED) is 0.517. The van der Waals surface area contributed by atoms with Crippen molar-refractivity contribution in [2.24, 2.45) is 0 Å². The summed E-state index contributed by atoms with van der Waals surface area (Å²) in [5.74, 6) is 1.95. The Morgan fingerprint density at radius 3 is 2.79 bits per heavy atom. The van der Waals surface area contributed by atoms with Crippen LogP contribution in [-0.2, 0) is 11.8 Å². The van der Waals surface area contributed by atoms with Crippen LogP contribution in [0, 0.1) is 11.3 Å². The van der Waals surface area contributed by atoms with E-state index in [4.69, 9.17) is 20.2 Å². The van der Waals surface area contributed by atoms with Crippen molar-refractivity contribution in [3.63, 3.8) is 0 Å². The number of nitrogen functional groups attached to an aromatic ring is 1. The molecule has 3 aromatic rings. The van der Waals surface area contributed by atoms with Crippen molar-refractivity contribution in [3.05, 3.63) is 34.0 Å². The zero-order valence-corrected chi connectivity index (χ0v) is 23.1. The van der Waals surface area contributed by atoms with E-state index in [0.29, 0.717) is 34.0 Å². The Hall–Kier alpha value is -3.20. The van der Waals surface area contributed by atoms with Gasteiger partial charge in [0.2, 0.25) is 11.7 Å². The molecule has 0 spiro atoms. The number of thiophene rings is 1. The van der Waals surface area contributed by atoms with Crippen molar-refractivity contribution >= 4 is 27.8 Å². The fourth-order valence-corrected chi connectivity index (χ4v) is 7.40. The van der Waals surface area contributed by atoms with Crippen molar-refractivity contribution in [2.75, 3.05) is 68.4 Å². The molecule has 0 aromatic carbocycles. The van der Waals surface area contributed by atoms with E-state index in [1.165, 1.54) is 11.3 Å². The van der Waals surface area contributed by atoms with Crippen LogP contribution in [-0.4, -0.2) is 78.9 Å². The molecule has 3 aliphatic rings. The number of rotatable bonds is 4. The molecule has 5 heterocycles. The van der Waals surface area contributed by atoms with E-state index in [-0.39, 0.29) is 0 Å². The molecule has 200 valence electrons. The normalized spacial score (nSPS) is 24.3. The van der Waals surface area contributed by atoms with Crippen molar-refractivity contribution in [1.82, 2.24) is 25.3 Å². The third-order valence-electron chi connectivity index (χ3n) is 8.28. The maximum Gasteiger partial charge on any atom is 0.237 e. The third-order valence-corrected chi connectivity index (χ3v) is 9.36. The SMILES string of the molecule is C[C@@H]1CN(C)CCN1c1cc(N2CCNCC2)cc(-c2noc(C3(C)CCCc4sc(N)c(C#N)c43)n2)n1. The van der Waals surface area contributed by atoms with Crippen molar-refractivity contribution in [3.8, 4) is 17.6 Å². The lowest BCUT2D eigenvalue weighted by Crippen LogP contribution is -2.51. The van der Waals surface area contributed by atoms with E-state index in [9.17, 15) is 5.26 Å². The Bertz CT molecular complexity index is 1370. The first-order chi connectivity index (χ1) is 18.4. The molecular weight excluding hydrogens is 498 g/mol. The van der Waals surface area contributed by atoms with E-state index in [1.54, 1.807) is 0 Å². The van der Waals surface area contributed by atoms with Gasteiger partial charge in [0.05, 0.1) is 11.0 Å². The fourth-order valence-electron chi connectivity index (χ4n) is 6.21. The summed E-state index contributed by atoms with van der Waals surface area (Å²) < 4.78 is 5.94. The molecule has 38 heavy (non-hydrogen) atoms. The number of hydrogen-bond donors (Lipinski definition) is 2. The summed E-state index contributed by atoms with van der Waals surface area (Å²) in [6.45, 7) is 11.0. The lowest BCUT2D eigenvalue weighted by molar-refractivity contribution is 0.274. The summed E-state index contributed by atoms with van der Waals surface area (Å²) in [5, 5.41) is 18.3. The summed E-state index contributed by atoms with van der Waals surface area (Å²) in [6.07, 6.45) is 2.72. The average molecular weight is 534 g/mol. The van der Waals surface area contributed by atoms with Crippen LogP contribution >= 0.6 is 11.3 Å². The van der Waals surface area contributed by atoms with Gasteiger partial charge in [0, 0.05) is 74.0 Å². The number of aromatic nitrogens is 3. The van der Waals surface area contributed by atoms with E-state index in [0.717, 1.165) is 87.0 Å². The van der Waals surface area contributed by atoms with Gasteiger partial charge in [-0.2, -0.15) is 10.2 Å². The zero-order chi connectivity index (χ0) is 26.4. The van der Waals surface area contributed by atoms with Gasteiger partial charge in [-0.25, -0.2) is 4.98 Å². The Balaban J connectivity index is 1.40. The number of fused-ring (bicyclic) bond motifs is 1. The van der Waals surface area contributed by atoms with Gasteiger partial charge in [-0.1, -0.05) is 5.16 Å². The predicted molar refractivity (Wildman–Crippen MR) is 150 cm³/mol. The monoisotopic (exact) mass is 533 g/mol. The van der Waals surface area contributed by atoms with Gasteiger partial charge < -0.3 is 30.3 Å². The van der Waals surface area contributed by atoms with Gasteiger partial charge in [-0.05, 0) is 46.2 Å². The van der Waals surface area contributed by atoms with E-state index in [1.807, 2.05) is 0 Å². The minimum atomic E-state index is -0.553. The molecule has 0 saturated carbocycles. The first-order valence-corrected chi connectivity index (χ1v) is 14.3. The van der Waals surface area contributed by atoms with Crippen LogP contribution in [0.1, 0.15) is 48.6 Å². The Labute approximate surface area is 227 Å². The van der Waals surface area contributed by atoms with Gasteiger partial charge in [-0.15, -0.1) is 11.3 Å². The highest BCUT2D eigenvalue weighted by atomic mass is 32.1. The van der Waals surface area contributed by atoms with Crippen LogP contribution in [0.4, 0.5) is 16.5 Å². The number of nitriles is 1. The number of likely N-dealkylation sites (N-methyl/N-ethyl adjacent to an activating group) is 1. The molecule has 2 fully saturated rings. The lowest BCUT2D eigenvalue weighted by atomic mass is 9.72. The highest BCUT2D eigenvalue weighted by Gasteiger charge is 2.43. The number of hydrogen-bond acceptors (Lipinski definition) is 11. The van der Waals surface area contributed by atoms with Crippen LogP contribution < -0.4 is 20.9 Å². The van der Waals surface area contributed by atoms with Crippen molar-refractivity contribution in [1.29, 1.82) is 5.26 Å². The summed E-state index contributed by atoms with van der Waals surface area (Å²) in [5.41, 5.74) is 9.02. The van der Waals surface area contributed by atoms with Crippen LogP contribution in [0.2, 0.25) is 0 Å². The summed E-state index contributed by atoms with van der Waals surface area (Å²) >= 11 is 1.51. The molecular formula is C27H35N9OS. The molecule has 2 aliphatic heterocycles. The van der Waals surface area contributed by atoms with Gasteiger partial charge in [0.25, 0.3) is 0 Å². The highest BCUT2D eigenvalue weighted by Crippen LogP contribution is 2.48. The van der Waals surface area contributed by atoms with E-state index < -0.39 is 5.41 Å². The van der Waals surface area contributed by atoms with E-state index >= 15 is 0 Å². The molecule has 0 bridgehead atoms.